The predicted molar refractivity (Wildman–Crippen MR) is 88.0 cm³/mol. The molecule has 2 N–H and O–H groups in total. The first-order valence-corrected chi connectivity index (χ1v) is 7.66. The Morgan fingerprint density at radius 3 is 2.57 bits per heavy atom. The molecular formula is C18H21FN2O2. The highest BCUT2D eigenvalue weighted by Gasteiger charge is 2.03. The number of carbonyl (C=O) groups is 1. The monoisotopic (exact) mass is 316 g/mol. The van der Waals surface area contributed by atoms with Crippen molar-refractivity contribution in [3.8, 4) is 5.75 Å². The van der Waals surface area contributed by atoms with E-state index in [1.165, 1.54) is 12.1 Å². The number of aryl methyl sites for hydroxylation is 1. The molecule has 2 aromatic rings. The summed E-state index contributed by atoms with van der Waals surface area (Å²) in [6, 6.07) is 13.7. The number of ether oxygens (including phenoxy) is 1. The average molecular weight is 316 g/mol. The van der Waals surface area contributed by atoms with Gasteiger partial charge in [-0.15, -0.1) is 0 Å². The van der Waals surface area contributed by atoms with Crippen molar-refractivity contribution in [3.05, 3.63) is 65.5 Å². The van der Waals surface area contributed by atoms with Crippen molar-refractivity contribution in [2.75, 3.05) is 13.3 Å². The average Bonchev–Trinajstić information content (AvgIpc) is 2.57. The van der Waals surface area contributed by atoms with E-state index in [4.69, 9.17) is 4.74 Å². The molecule has 0 radical (unpaired) electrons. The minimum absolute atomic E-state index is 0.111. The molecule has 0 atom stereocenters. The lowest BCUT2D eigenvalue weighted by atomic mass is 10.1. The summed E-state index contributed by atoms with van der Waals surface area (Å²) in [6.45, 7) is 2.64. The molecule has 23 heavy (non-hydrogen) atoms. The third kappa shape index (κ3) is 5.62. The van der Waals surface area contributed by atoms with Crippen molar-refractivity contribution in [3.63, 3.8) is 0 Å². The summed E-state index contributed by atoms with van der Waals surface area (Å²) in [7, 11) is 0. The molecule has 0 unspecified atom stereocenters. The first-order chi connectivity index (χ1) is 11.2. The van der Waals surface area contributed by atoms with Gasteiger partial charge in [0.2, 0.25) is 0 Å². The van der Waals surface area contributed by atoms with Crippen LogP contribution < -0.4 is 15.4 Å². The topological polar surface area (TPSA) is 50.4 Å². The molecule has 0 saturated carbocycles. The molecule has 2 rings (SSSR count). The molecule has 0 spiro atoms. The van der Waals surface area contributed by atoms with Gasteiger partial charge in [0.15, 0.2) is 6.73 Å². The molecule has 2 aromatic carbocycles. The molecule has 0 aliphatic heterocycles. The summed E-state index contributed by atoms with van der Waals surface area (Å²) in [5.41, 5.74) is 2.07. The molecule has 0 bridgehead atoms. The molecule has 5 heteroatoms. The fourth-order valence-electron chi connectivity index (χ4n) is 2.15. The third-order valence-electron chi connectivity index (χ3n) is 3.43. The first-order valence-electron chi connectivity index (χ1n) is 7.66. The Hall–Kier alpha value is -2.56. The molecule has 0 fully saturated rings. The van der Waals surface area contributed by atoms with Crippen LogP contribution in [0.4, 0.5) is 9.18 Å². The summed E-state index contributed by atoms with van der Waals surface area (Å²) in [5, 5.41) is 5.38. The zero-order valence-electron chi connectivity index (χ0n) is 13.1. The van der Waals surface area contributed by atoms with Crippen LogP contribution in [0.5, 0.6) is 5.75 Å². The highest BCUT2D eigenvalue weighted by molar-refractivity contribution is 5.73. The van der Waals surface area contributed by atoms with E-state index in [2.05, 4.69) is 17.6 Å². The van der Waals surface area contributed by atoms with Crippen molar-refractivity contribution in [1.82, 2.24) is 10.6 Å². The number of rotatable bonds is 7. The number of para-hydroxylation sites is 1. The van der Waals surface area contributed by atoms with Gasteiger partial charge in [0.05, 0.1) is 0 Å². The van der Waals surface area contributed by atoms with Crippen LogP contribution in [-0.2, 0) is 12.8 Å². The van der Waals surface area contributed by atoms with Crippen molar-refractivity contribution in [2.45, 2.75) is 19.8 Å². The minimum atomic E-state index is -0.291. The number of benzene rings is 2. The molecule has 0 saturated heterocycles. The zero-order valence-corrected chi connectivity index (χ0v) is 13.1. The zero-order chi connectivity index (χ0) is 16.5. The SMILES string of the molecule is CCc1ccccc1OCNC(=O)NCCc1ccc(F)cc1. The van der Waals surface area contributed by atoms with Gasteiger partial charge in [-0.05, 0) is 42.2 Å². The van der Waals surface area contributed by atoms with Gasteiger partial charge in [-0.2, -0.15) is 0 Å². The van der Waals surface area contributed by atoms with Crippen LogP contribution >= 0.6 is 0 Å². The van der Waals surface area contributed by atoms with Crippen molar-refractivity contribution >= 4 is 6.03 Å². The summed E-state index contributed by atoms with van der Waals surface area (Å²) in [6.07, 6.45) is 1.52. The number of hydrogen-bond donors (Lipinski definition) is 2. The number of hydrogen-bond acceptors (Lipinski definition) is 2. The Morgan fingerprint density at radius 2 is 1.83 bits per heavy atom. The molecule has 0 aliphatic carbocycles. The van der Waals surface area contributed by atoms with Gasteiger partial charge >= 0.3 is 6.03 Å². The molecule has 4 nitrogen and oxygen atoms in total. The lowest BCUT2D eigenvalue weighted by Crippen LogP contribution is -2.38. The Bertz CT molecular complexity index is 629. The van der Waals surface area contributed by atoms with Crippen LogP contribution in [0.25, 0.3) is 0 Å². The Balaban J connectivity index is 1.66. The van der Waals surface area contributed by atoms with Gasteiger partial charge in [-0.25, -0.2) is 9.18 Å². The summed E-state index contributed by atoms with van der Waals surface area (Å²) >= 11 is 0. The Labute approximate surface area is 135 Å². The second-order valence-corrected chi connectivity index (χ2v) is 5.06. The number of halogens is 1. The van der Waals surface area contributed by atoms with E-state index in [-0.39, 0.29) is 18.6 Å². The van der Waals surface area contributed by atoms with Crippen LogP contribution in [0.15, 0.2) is 48.5 Å². The fourth-order valence-corrected chi connectivity index (χ4v) is 2.15. The van der Waals surface area contributed by atoms with Gasteiger partial charge in [0.1, 0.15) is 11.6 Å². The highest BCUT2D eigenvalue weighted by atomic mass is 19.1. The third-order valence-corrected chi connectivity index (χ3v) is 3.43. The molecule has 0 aliphatic rings. The largest absolute Gasteiger partial charge is 0.473 e. The van der Waals surface area contributed by atoms with Crippen LogP contribution in [0, 0.1) is 5.82 Å². The predicted octanol–water partition coefficient (Wildman–Crippen LogP) is 3.27. The van der Waals surface area contributed by atoms with Crippen molar-refractivity contribution in [2.24, 2.45) is 0 Å². The standard InChI is InChI=1S/C18H21FN2O2/c1-2-15-5-3-4-6-17(15)23-13-21-18(22)20-12-11-14-7-9-16(19)10-8-14/h3-10H,2,11-13H2,1H3,(H2,20,21,22). The molecule has 0 aromatic heterocycles. The van der Waals surface area contributed by atoms with E-state index in [1.54, 1.807) is 12.1 Å². The molecular weight excluding hydrogens is 295 g/mol. The van der Waals surface area contributed by atoms with Gasteiger partial charge in [-0.1, -0.05) is 37.3 Å². The number of amides is 2. The van der Waals surface area contributed by atoms with Crippen LogP contribution in [0.2, 0.25) is 0 Å². The van der Waals surface area contributed by atoms with E-state index in [0.717, 1.165) is 23.3 Å². The van der Waals surface area contributed by atoms with E-state index in [9.17, 15) is 9.18 Å². The van der Waals surface area contributed by atoms with Crippen LogP contribution in [-0.4, -0.2) is 19.3 Å². The van der Waals surface area contributed by atoms with Crippen LogP contribution in [0.3, 0.4) is 0 Å². The normalized spacial score (nSPS) is 10.2. The van der Waals surface area contributed by atoms with E-state index < -0.39 is 0 Å². The lowest BCUT2D eigenvalue weighted by molar-refractivity contribution is 0.223. The van der Waals surface area contributed by atoms with E-state index in [1.807, 2.05) is 24.3 Å². The number of carbonyl (C=O) groups excluding carboxylic acids is 1. The summed E-state index contributed by atoms with van der Waals surface area (Å²) in [5.74, 6) is 0.519. The lowest BCUT2D eigenvalue weighted by Gasteiger charge is -2.11. The molecule has 0 heterocycles. The van der Waals surface area contributed by atoms with Crippen molar-refractivity contribution in [1.29, 1.82) is 0 Å². The quantitative estimate of drug-likeness (QED) is 0.770. The van der Waals surface area contributed by atoms with Gasteiger partial charge in [-0.3, -0.25) is 0 Å². The first kappa shape index (κ1) is 16.8. The van der Waals surface area contributed by atoms with Crippen LogP contribution in [0.1, 0.15) is 18.1 Å². The molecule has 2 amide bonds. The second kappa shape index (κ2) is 8.78. The fraction of sp³-hybridized carbons (Fsp3) is 0.278. The van der Waals surface area contributed by atoms with Gasteiger partial charge in [0.25, 0.3) is 0 Å². The number of urea groups is 1. The maximum atomic E-state index is 12.8. The Morgan fingerprint density at radius 1 is 1.09 bits per heavy atom. The smallest absolute Gasteiger partial charge is 0.317 e. The van der Waals surface area contributed by atoms with E-state index in [0.29, 0.717) is 13.0 Å². The maximum Gasteiger partial charge on any atom is 0.317 e. The van der Waals surface area contributed by atoms with Gasteiger partial charge in [0, 0.05) is 6.54 Å². The highest BCUT2D eigenvalue weighted by Crippen LogP contribution is 2.17. The van der Waals surface area contributed by atoms with Crippen molar-refractivity contribution < 1.29 is 13.9 Å². The minimum Gasteiger partial charge on any atom is -0.473 e. The van der Waals surface area contributed by atoms with Gasteiger partial charge < -0.3 is 15.4 Å². The van der Waals surface area contributed by atoms with E-state index >= 15 is 0 Å². The second-order valence-electron chi connectivity index (χ2n) is 5.06. The summed E-state index contributed by atoms with van der Waals surface area (Å²) < 4.78 is 18.3. The summed E-state index contributed by atoms with van der Waals surface area (Å²) in [4.78, 5) is 11.7. The number of nitrogens with one attached hydrogen (secondary N) is 2. The Kier molecular flexibility index (Phi) is 6.41. The molecule has 122 valence electrons. The maximum absolute atomic E-state index is 12.8.